The number of unbranched alkanes of at least 4 members (excludes halogenated alkanes) is 1. The highest BCUT2D eigenvalue weighted by Gasteiger charge is 2.18. The Morgan fingerprint density at radius 2 is 2.05 bits per heavy atom. The molecule has 0 N–H and O–H groups in total. The van der Waals surface area contributed by atoms with Gasteiger partial charge < -0.3 is 0 Å². The molecule has 2 heteroatoms. The van der Waals surface area contributed by atoms with E-state index in [1.54, 1.807) is 0 Å². The van der Waals surface area contributed by atoms with Gasteiger partial charge in [0.15, 0.2) is 0 Å². The number of piperidine rings is 1. The number of halogens is 1. The fourth-order valence-corrected chi connectivity index (χ4v) is 2.66. The number of likely N-dealkylation sites (tertiary alicyclic amines) is 1. The van der Waals surface area contributed by atoms with Gasteiger partial charge in [-0.1, -0.05) is 56.5 Å². The zero-order chi connectivity index (χ0) is 14.1. The summed E-state index contributed by atoms with van der Waals surface area (Å²) in [5.41, 5.74) is 1.17. The quantitative estimate of drug-likeness (QED) is 0.584. The van der Waals surface area contributed by atoms with Gasteiger partial charge in [0.25, 0.3) is 0 Å². The Bertz CT molecular complexity index is 318. The van der Waals surface area contributed by atoms with Crippen LogP contribution in [-0.2, 0) is 0 Å². The summed E-state index contributed by atoms with van der Waals surface area (Å²) >= 11 is 5.78. The molecule has 19 heavy (non-hydrogen) atoms. The second-order valence-corrected chi connectivity index (χ2v) is 6.23. The van der Waals surface area contributed by atoms with Gasteiger partial charge in [0.1, 0.15) is 0 Å². The molecule has 108 valence electrons. The van der Waals surface area contributed by atoms with E-state index in [0.717, 1.165) is 17.5 Å². The fourth-order valence-electron chi connectivity index (χ4n) is 2.58. The zero-order valence-corrected chi connectivity index (χ0v) is 13.3. The molecule has 0 amide bonds. The maximum atomic E-state index is 5.78. The molecule has 0 aromatic rings. The third-order valence-corrected chi connectivity index (χ3v) is 3.88. The van der Waals surface area contributed by atoms with Gasteiger partial charge in [0.05, 0.1) is 0 Å². The van der Waals surface area contributed by atoms with Crippen LogP contribution in [0.4, 0.5) is 0 Å². The first kappa shape index (κ1) is 16.5. The van der Waals surface area contributed by atoms with E-state index in [9.17, 15) is 0 Å². The number of rotatable bonds is 7. The minimum Gasteiger partial charge on any atom is -0.299 e. The Kier molecular flexibility index (Phi) is 8.16. The number of hydrogen-bond acceptors (Lipinski definition) is 1. The summed E-state index contributed by atoms with van der Waals surface area (Å²) in [6.45, 7) is 11.7. The second kappa shape index (κ2) is 9.39. The van der Waals surface area contributed by atoms with Crippen LogP contribution in [0, 0.1) is 5.92 Å². The van der Waals surface area contributed by atoms with Gasteiger partial charge >= 0.3 is 0 Å². The molecule has 1 aliphatic heterocycles. The molecule has 0 aromatic carbocycles. The lowest BCUT2D eigenvalue weighted by Crippen LogP contribution is -2.34. The van der Waals surface area contributed by atoms with Crippen molar-refractivity contribution in [3.05, 3.63) is 35.4 Å². The molecule has 1 fully saturated rings. The van der Waals surface area contributed by atoms with Crippen molar-refractivity contribution in [1.82, 2.24) is 4.90 Å². The molecule has 0 aromatic heterocycles. The molecular weight excluding hydrogens is 254 g/mol. The van der Waals surface area contributed by atoms with Crippen LogP contribution in [0.15, 0.2) is 35.4 Å². The maximum Gasteiger partial charge on any atom is 0.0227 e. The van der Waals surface area contributed by atoms with E-state index in [-0.39, 0.29) is 0 Å². The van der Waals surface area contributed by atoms with Gasteiger partial charge in [-0.25, -0.2) is 0 Å². The van der Waals surface area contributed by atoms with Gasteiger partial charge in [-0.15, -0.1) is 0 Å². The summed E-state index contributed by atoms with van der Waals surface area (Å²) in [5.74, 6) is 0.960. The largest absolute Gasteiger partial charge is 0.299 e. The lowest BCUT2D eigenvalue weighted by Gasteiger charge is -2.32. The van der Waals surface area contributed by atoms with Crippen LogP contribution in [0.25, 0.3) is 0 Å². The molecule has 1 rings (SSSR count). The number of nitrogens with zero attached hydrogens (tertiary/aromatic N) is 1. The van der Waals surface area contributed by atoms with Crippen LogP contribution in [0.1, 0.15) is 46.0 Å². The van der Waals surface area contributed by atoms with E-state index in [4.69, 9.17) is 11.6 Å². The first-order valence-electron chi connectivity index (χ1n) is 7.52. The molecule has 0 bridgehead atoms. The van der Waals surface area contributed by atoms with Crippen LogP contribution in [0.3, 0.4) is 0 Å². The van der Waals surface area contributed by atoms with E-state index in [0.29, 0.717) is 0 Å². The van der Waals surface area contributed by atoms with Crippen molar-refractivity contribution in [3.8, 4) is 0 Å². The topological polar surface area (TPSA) is 3.24 Å². The van der Waals surface area contributed by atoms with Crippen molar-refractivity contribution in [2.24, 2.45) is 5.92 Å². The van der Waals surface area contributed by atoms with Crippen LogP contribution in [0.2, 0.25) is 0 Å². The minimum absolute atomic E-state index is 0.806. The SMILES string of the molecule is C=C(/C=C\C=C(/C)Cl)CN1CCC(CCCC)CC1. The summed E-state index contributed by atoms with van der Waals surface area (Å²) in [6, 6.07) is 0. The van der Waals surface area contributed by atoms with Crippen molar-refractivity contribution >= 4 is 11.6 Å². The van der Waals surface area contributed by atoms with Crippen LogP contribution in [-0.4, -0.2) is 24.5 Å². The molecule has 1 saturated heterocycles. The van der Waals surface area contributed by atoms with E-state index in [1.807, 2.05) is 19.1 Å². The first-order valence-corrected chi connectivity index (χ1v) is 7.90. The van der Waals surface area contributed by atoms with Crippen molar-refractivity contribution in [1.29, 1.82) is 0 Å². The highest BCUT2D eigenvalue weighted by Crippen LogP contribution is 2.22. The molecule has 1 nitrogen and oxygen atoms in total. The van der Waals surface area contributed by atoms with E-state index in [2.05, 4.69) is 24.5 Å². The maximum absolute atomic E-state index is 5.78. The third kappa shape index (κ3) is 7.59. The Labute approximate surface area is 124 Å². The van der Waals surface area contributed by atoms with Crippen molar-refractivity contribution in [2.75, 3.05) is 19.6 Å². The summed E-state index contributed by atoms with van der Waals surface area (Å²) in [7, 11) is 0. The van der Waals surface area contributed by atoms with E-state index < -0.39 is 0 Å². The van der Waals surface area contributed by atoms with E-state index in [1.165, 1.54) is 50.8 Å². The average molecular weight is 282 g/mol. The molecule has 0 unspecified atom stereocenters. The second-order valence-electron chi connectivity index (χ2n) is 5.63. The lowest BCUT2D eigenvalue weighted by atomic mass is 9.91. The van der Waals surface area contributed by atoms with Crippen molar-refractivity contribution < 1.29 is 0 Å². The molecule has 1 aliphatic rings. The third-order valence-electron chi connectivity index (χ3n) is 3.76. The van der Waals surface area contributed by atoms with Gasteiger partial charge in [0, 0.05) is 11.6 Å². The summed E-state index contributed by atoms with van der Waals surface area (Å²) in [6.07, 6.45) is 12.8. The van der Waals surface area contributed by atoms with Gasteiger partial charge in [-0.05, 0) is 50.4 Å². The Hall–Kier alpha value is -0.530. The standard InChI is InChI=1S/C17H28ClN/c1-4-5-9-17-10-12-19(13-11-17)14-15(2)7-6-8-16(3)18/h6-8,17H,2,4-5,9-14H2,1,3H3/b7-6-,16-8+. The van der Waals surface area contributed by atoms with E-state index >= 15 is 0 Å². The molecule has 0 atom stereocenters. The zero-order valence-electron chi connectivity index (χ0n) is 12.5. The number of allylic oxidation sites excluding steroid dienone is 3. The summed E-state index contributed by atoms with van der Waals surface area (Å²) < 4.78 is 0. The monoisotopic (exact) mass is 281 g/mol. The van der Waals surface area contributed by atoms with Crippen molar-refractivity contribution in [3.63, 3.8) is 0 Å². The van der Waals surface area contributed by atoms with Gasteiger partial charge in [-0.3, -0.25) is 4.90 Å². The fraction of sp³-hybridized carbons (Fsp3) is 0.647. The first-order chi connectivity index (χ1) is 9.11. The molecule has 0 spiro atoms. The highest BCUT2D eigenvalue weighted by atomic mass is 35.5. The number of hydrogen-bond donors (Lipinski definition) is 0. The van der Waals surface area contributed by atoms with Crippen LogP contribution < -0.4 is 0 Å². The van der Waals surface area contributed by atoms with Crippen LogP contribution >= 0.6 is 11.6 Å². The highest BCUT2D eigenvalue weighted by molar-refractivity contribution is 6.29. The Balaban J connectivity index is 2.23. The Morgan fingerprint density at radius 1 is 1.37 bits per heavy atom. The predicted octanol–water partition coefficient (Wildman–Crippen LogP) is 5.14. The van der Waals surface area contributed by atoms with Crippen LogP contribution in [0.5, 0.6) is 0 Å². The normalized spacial score (nSPS) is 19.2. The minimum atomic E-state index is 0.806. The van der Waals surface area contributed by atoms with Gasteiger partial charge in [-0.2, -0.15) is 0 Å². The molecule has 0 saturated carbocycles. The molecule has 1 heterocycles. The molecule has 0 aliphatic carbocycles. The summed E-state index contributed by atoms with van der Waals surface area (Å²) in [5, 5.41) is 0.806. The molecular formula is C17H28ClN. The predicted molar refractivity (Wildman–Crippen MR) is 86.6 cm³/mol. The smallest absolute Gasteiger partial charge is 0.0227 e. The Morgan fingerprint density at radius 3 is 2.63 bits per heavy atom. The van der Waals surface area contributed by atoms with Gasteiger partial charge in [0.2, 0.25) is 0 Å². The van der Waals surface area contributed by atoms with Crippen molar-refractivity contribution in [2.45, 2.75) is 46.0 Å². The summed E-state index contributed by atoms with van der Waals surface area (Å²) in [4.78, 5) is 2.52. The lowest BCUT2D eigenvalue weighted by molar-refractivity contribution is 0.190. The average Bonchev–Trinajstić information content (AvgIpc) is 2.37. The molecule has 0 radical (unpaired) electrons.